The van der Waals surface area contributed by atoms with Crippen molar-refractivity contribution in [2.24, 2.45) is 0 Å². The maximum Gasteiger partial charge on any atom is 0.416 e. The Morgan fingerprint density at radius 1 is 1.06 bits per heavy atom. The summed E-state index contributed by atoms with van der Waals surface area (Å²) in [5, 5.41) is 4.75. The third-order valence-electron chi connectivity index (χ3n) is 4.56. The van der Waals surface area contributed by atoms with E-state index in [0.717, 1.165) is 42.4 Å². The monoisotopic (exact) mass is 475 g/mol. The average molecular weight is 476 g/mol. The van der Waals surface area contributed by atoms with Crippen molar-refractivity contribution in [3.05, 3.63) is 40.8 Å². The van der Waals surface area contributed by atoms with Crippen LogP contribution in [-0.4, -0.2) is 37.6 Å². The molecule has 12 heteroatoms. The van der Waals surface area contributed by atoms with Gasteiger partial charge in [0.1, 0.15) is 4.21 Å². The summed E-state index contributed by atoms with van der Waals surface area (Å²) >= 11 is 0.948. The van der Waals surface area contributed by atoms with Gasteiger partial charge in [0, 0.05) is 24.9 Å². The third kappa shape index (κ3) is 5.63. The van der Waals surface area contributed by atoms with Crippen molar-refractivity contribution < 1.29 is 31.2 Å². The Morgan fingerprint density at radius 2 is 1.74 bits per heavy atom. The Labute approximate surface area is 181 Å². The zero-order chi connectivity index (χ0) is 22.8. The van der Waals surface area contributed by atoms with Gasteiger partial charge in [0.15, 0.2) is 0 Å². The topological polar surface area (TPSA) is 95.6 Å². The molecule has 1 aromatic carbocycles. The zero-order valence-corrected chi connectivity index (χ0v) is 18.1. The zero-order valence-electron chi connectivity index (χ0n) is 16.5. The molecule has 1 aromatic heterocycles. The fourth-order valence-corrected chi connectivity index (χ4v) is 6.15. The highest BCUT2D eigenvalue weighted by Gasteiger charge is 2.31. The van der Waals surface area contributed by atoms with E-state index >= 15 is 0 Å². The highest BCUT2D eigenvalue weighted by Crippen LogP contribution is 2.34. The number of hydrogen-bond donors (Lipinski definition) is 2. The van der Waals surface area contributed by atoms with E-state index in [1.807, 2.05) is 0 Å². The molecule has 0 aliphatic carbocycles. The number of sulfonamides is 1. The van der Waals surface area contributed by atoms with Crippen LogP contribution in [0.2, 0.25) is 0 Å². The van der Waals surface area contributed by atoms with Gasteiger partial charge in [-0.2, -0.15) is 17.5 Å². The minimum Gasteiger partial charge on any atom is -0.325 e. The SMILES string of the molecule is CC(=O)Nc1ccc(C(F)(F)F)cc1NC(=O)Cc1ccc(S(=O)(=O)N2CCCC2)s1. The molecule has 0 spiro atoms. The van der Waals surface area contributed by atoms with Gasteiger partial charge in [-0.3, -0.25) is 9.59 Å². The van der Waals surface area contributed by atoms with Gasteiger partial charge in [-0.1, -0.05) is 0 Å². The first-order valence-corrected chi connectivity index (χ1v) is 11.6. The number of rotatable bonds is 6. The number of halogens is 3. The highest BCUT2D eigenvalue weighted by molar-refractivity contribution is 7.91. The maximum absolute atomic E-state index is 13.0. The fourth-order valence-electron chi connectivity index (χ4n) is 3.12. The van der Waals surface area contributed by atoms with Crippen molar-refractivity contribution >= 4 is 44.5 Å². The lowest BCUT2D eigenvalue weighted by atomic mass is 10.1. The van der Waals surface area contributed by atoms with Gasteiger partial charge in [0.05, 0.1) is 23.4 Å². The van der Waals surface area contributed by atoms with E-state index in [9.17, 15) is 31.2 Å². The molecular formula is C19H20F3N3O4S2. The molecule has 0 saturated carbocycles. The van der Waals surface area contributed by atoms with Crippen LogP contribution in [0.1, 0.15) is 30.2 Å². The molecule has 0 bridgehead atoms. The van der Waals surface area contributed by atoms with Crippen LogP contribution >= 0.6 is 11.3 Å². The number of thiophene rings is 1. The van der Waals surface area contributed by atoms with Crippen molar-refractivity contribution in [2.75, 3.05) is 23.7 Å². The number of anilines is 2. The summed E-state index contributed by atoms with van der Waals surface area (Å²) in [6.07, 6.45) is -3.25. The number of nitrogens with zero attached hydrogens (tertiary/aromatic N) is 1. The fraction of sp³-hybridized carbons (Fsp3) is 0.368. The standard InChI is InChI=1S/C19H20F3N3O4S2/c1-12(26)23-15-6-4-13(19(20,21)22)10-16(15)24-17(27)11-14-5-7-18(30-14)31(28,29)25-8-2-3-9-25/h4-7,10H,2-3,8-9,11H2,1H3,(H,23,26)(H,24,27). The Hall–Kier alpha value is -2.44. The second kappa shape index (κ2) is 8.97. The Kier molecular flexibility index (Phi) is 6.72. The molecule has 0 radical (unpaired) electrons. The number of benzene rings is 1. The smallest absolute Gasteiger partial charge is 0.325 e. The second-order valence-electron chi connectivity index (χ2n) is 7.00. The second-order valence-corrected chi connectivity index (χ2v) is 10.3. The van der Waals surface area contributed by atoms with Gasteiger partial charge < -0.3 is 10.6 Å². The number of nitrogens with one attached hydrogen (secondary N) is 2. The summed E-state index contributed by atoms with van der Waals surface area (Å²) in [6.45, 7) is 2.10. The number of amides is 2. The molecule has 1 saturated heterocycles. The minimum atomic E-state index is -4.62. The molecule has 2 N–H and O–H groups in total. The summed E-state index contributed by atoms with van der Waals surface area (Å²) < 4.78 is 65.8. The molecule has 168 valence electrons. The van der Waals surface area contributed by atoms with E-state index in [2.05, 4.69) is 10.6 Å². The number of alkyl halides is 3. The van der Waals surface area contributed by atoms with Crippen molar-refractivity contribution in [2.45, 2.75) is 36.6 Å². The van der Waals surface area contributed by atoms with Crippen LogP contribution in [0.25, 0.3) is 0 Å². The molecule has 2 heterocycles. The summed E-state index contributed by atoms with van der Waals surface area (Å²) in [4.78, 5) is 24.2. The molecular weight excluding hydrogens is 455 g/mol. The van der Waals surface area contributed by atoms with Crippen LogP contribution in [-0.2, 0) is 32.2 Å². The summed E-state index contributed by atoms with van der Waals surface area (Å²) in [5.41, 5.74) is -1.15. The van der Waals surface area contributed by atoms with Gasteiger partial charge in [-0.25, -0.2) is 8.42 Å². The minimum absolute atomic E-state index is 0.0253. The number of carbonyl (C=O) groups excluding carboxylic acids is 2. The first-order valence-electron chi connectivity index (χ1n) is 9.34. The average Bonchev–Trinajstić information content (AvgIpc) is 3.34. The molecule has 0 unspecified atom stereocenters. The van der Waals surface area contributed by atoms with E-state index in [4.69, 9.17) is 0 Å². The van der Waals surface area contributed by atoms with E-state index in [0.29, 0.717) is 18.0 Å². The molecule has 7 nitrogen and oxygen atoms in total. The van der Waals surface area contributed by atoms with Gasteiger partial charge in [0.25, 0.3) is 10.0 Å². The van der Waals surface area contributed by atoms with Gasteiger partial charge in [0.2, 0.25) is 11.8 Å². The van der Waals surface area contributed by atoms with Crippen molar-refractivity contribution in [1.82, 2.24) is 4.31 Å². The summed E-state index contributed by atoms with van der Waals surface area (Å²) in [6, 6.07) is 5.53. The normalized spacial score (nSPS) is 15.1. The molecule has 3 rings (SSSR count). The molecule has 1 aliphatic rings. The maximum atomic E-state index is 13.0. The van der Waals surface area contributed by atoms with Crippen molar-refractivity contribution in [3.8, 4) is 0 Å². The third-order valence-corrected chi connectivity index (χ3v) is 8.01. The van der Waals surface area contributed by atoms with E-state index in [-0.39, 0.29) is 22.0 Å². The number of carbonyl (C=O) groups is 2. The predicted octanol–water partition coefficient (Wildman–Crippen LogP) is 3.69. The van der Waals surface area contributed by atoms with Crippen molar-refractivity contribution in [1.29, 1.82) is 0 Å². The van der Waals surface area contributed by atoms with Gasteiger partial charge in [-0.05, 0) is 43.2 Å². The molecule has 1 fully saturated rings. The lowest BCUT2D eigenvalue weighted by Gasteiger charge is -2.15. The molecule has 31 heavy (non-hydrogen) atoms. The van der Waals surface area contributed by atoms with Gasteiger partial charge >= 0.3 is 6.18 Å². The Morgan fingerprint density at radius 3 is 2.35 bits per heavy atom. The Balaban J connectivity index is 1.76. The Bertz CT molecular complexity index is 1090. The first kappa shape index (κ1) is 23.2. The van der Waals surface area contributed by atoms with Crippen LogP contribution in [0.4, 0.5) is 24.5 Å². The molecule has 0 atom stereocenters. The van der Waals surface area contributed by atoms with Crippen LogP contribution in [0.15, 0.2) is 34.5 Å². The van der Waals surface area contributed by atoms with Crippen LogP contribution in [0, 0.1) is 0 Å². The first-order chi connectivity index (χ1) is 14.5. The highest BCUT2D eigenvalue weighted by atomic mass is 32.2. The molecule has 2 amide bonds. The largest absolute Gasteiger partial charge is 0.416 e. The summed E-state index contributed by atoms with van der Waals surface area (Å²) in [5.74, 6) is -1.15. The predicted molar refractivity (Wildman–Crippen MR) is 110 cm³/mol. The molecule has 1 aliphatic heterocycles. The molecule has 2 aromatic rings. The lowest BCUT2D eigenvalue weighted by molar-refractivity contribution is -0.137. The van der Waals surface area contributed by atoms with E-state index in [1.165, 1.54) is 23.4 Å². The lowest BCUT2D eigenvalue weighted by Crippen LogP contribution is -2.27. The summed E-state index contributed by atoms with van der Waals surface area (Å²) in [7, 11) is -3.61. The van der Waals surface area contributed by atoms with Gasteiger partial charge in [-0.15, -0.1) is 11.3 Å². The number of hydrogen-bond acceptors (Lipinski definition) is 5. The van der Waals surface area contributed by atoms with E-state index < -0.39 is 33.6 Å². The van der Waals surface area contributed by atoms with Crippen molar-refractivity contribution in [3.63, 3.8) is 0 Å². The van der Waals surface area contributed by atoms with Crippen LogP contribution < -0.4 is 10.6 Å². The van der Waals surface area contributed by atoms with Crippen LogP contribution in [0.3, 0.4) is 0 Å². The quantitative estimate of drug-likeness (QED) is 0.666. The van der Waals surface area contributed by atoms with E-state index in [1.54, 1.807) is 0 Å². The van der Waals surface area contributed by atoms with Crippen LogP contribution in [0.5, 0.6) is 0 Å².